The Bertz CT molecular complexity index is 425. The van der Waals surface area contributed by atoms with Gasteiger partial charge in [-0.25, -0.2) is 0 Å². The van der Waals surface area contributed by atoms with E-state index in [9.17, 15) is 4.79 Å². The van der Waals surface area contributed by atoms with E-state index in [4.69, 9.17) is 5.73 Å². The minimum atomic E-state index is 0.166. The Balaban J connectivity index is 2.04. The molecule has 2 N–H and O–H groups in total. The van der Waals surface area contributed by atoms with E-state index in [1.54, 1.807) is 0 Å². The minimum Gasteiger partial charge on any atom is -0.330 e. The van der Waals surface area contributed by atoms with Crippen molar-refractivity contribution in [3.05, 3.63) is 17.5 Å². The van der Waals surface area contributed by atoms with Gasteiger partial charge in [0, 0.05) is 25.1 Å². The molecule has 2 rings (SSSR count). The van der Waals surface area contributed by atoms with Gasteiger partial charge in [-0.1, -0.05) is 12.8 Å². The summed E-state index contributed by atoms with van der Waals surface area (Å²) < 4.78 is 1.81. The molecule has 4 heteroatoms. The van der Waals surface area contributed by atoms with Gasteiger partial charge in [0.25, 0.3) is 0 Å². The van der Waals surface area contributed by atoms with Crippen LogP contribution in [0.2, 0.25) is 0 Å². The van der Waals surface area contributed by atoms with Crippen LogP contribution in [0.5, 0.6) is 0 Å². The second-order valence-corrected chi connectivity index (χ2v) is 5.43. The zero-order chi connectivity index (χ0) is 13.1. The third-order valence-corrected chi connectivity index (χ3v) is 4.08. The topological polar surface area (TPSA) is 60.9 Å². The lowest BCUT2D eigenvalue weighted by Gasteiger charge is -2.29. The number of hydrogen-bond acceptors (Lipinski definition) is 3. The number of aryl methyl sites for hydroxylation is 2. The van der Waals surface area contributed by atoms with Crippen LogP contribution in [0.4, 0.5) is 0 Å². The van der Waals surface area contributed by atoms with Crippen LogP contribution in [0, 0.1) is 18.8 Å². The van der Waals surface area contributed by atoms with E-state index >= 15 is 0 Å². The summed E-state index contributed by atoms with van der Waals surface area (Å²) in [6.07, 6.45) is 5.00. The van der Waals surface area contributed by atoms with Crippen molar-refractivity contribution in [1.29, 1.82) is 0 Å². The second-order valence-electron chi connectivity index (χ2n) is 5.43. The second kappa shape index (κ2) is 5.65. The smallest absolute Gasteiger partial charge is 0.142 e. The number of aromatic nitrogens is 2. The molecule has 1 heterocycles. The molecule has 0 radical (unpaired) electrons. The molecule has 4 nitrogen and oxygen atoms in total. The Morgan fingerprint density at radius 1 is 1.50 bits per heavy atom. The Morgan fingerprint density at radius 2 is 2.22 bits per heavy atom. The molecule has 0 bridgehead atoms. The molecular weight excluding hydrogens is 226 g/mol. The van der Waals surface area contributed by atoms with Crippen molar-refractivity contribution in [2.24, 2.45) is 24.6 Å². The molecule has 1 aromatic heterocycles. The van der Waals surface area contributed by atoms with Gasteiger partial charge in [-0.2, -0.15) is 5.10 Å². The van der Waals surface area contributed by atoms with E-state index in [2.05, 4.69) is 5.10 Å². The predicted molar refractivity (Wildman–Crippen MR) is 71.2 cm³/mol. The third kappa shape index (κ3) is 2.80. The van der Waals surface area contributed by atoms with E-state index in [1.165, 1.54) is 6.42 Å². The molecule has 0 aromatic carbocycles. The van der Waals surface area contributed by atoms with Crippen molar-refractivity contribution >= 4 is 5.78 Å². The molecule has 18 heavy (non-hydrogen) atoms. The van der Waals surface area contributed by atoms with Gasteiger partial charge in [-0.05, 0) is 38.3 Å². The van der Waals surface area contributed by atoms with Crippen molar-refractivity contribution in [3.8, 4) is 0 Å². The molecule has 100 valence electrons. The van der Waals surface area contributed by atoms with Crippen LogP contribution >= 0.6 is 0 Å². The van der Waals surface area contributed by atoms with E-state index in [-0.39, 0.29) is 5.92 Å². The number of carbonyl (C=O) groups is 1. The molecule has 1 aromatic rings. The summed E-state index contributed by atoms with van der Waals surface area (Å²) in [7, 11) is 1.90. The standard InChI is InChI=1S/C14H23N3O/c1-10-7-12(17(2)16-10)8-14(18)13-6-4-3-5-11(13)9-15/h7,11,13H,3-6,8-9,15H2,1-2H3. The first-order valence-electron chi connectivity index (χ1n) is 6.84. The monoisotopic (exact) mass is 249 g/mol. The Kier molecular flexibility index (Phi) is 4.17. The van der Waals surface area contributed by atoms with Crippen LogP contribution in [-0.4, -0.2) is 22.1 Å². The Hall–Kier alpha value is -1.16. The average molecular weight is 249 g/mol. The zero-order valence-corrected chi connectivity index (χ0v) is 11.4. The van der Waals surface area contributed by atoms with E-state index < -0.39 is 0 Å². The fourth-order valence-electron chi connectivity index (χ4n) is 3.05. The largest absolute Gasteiger partial charge is 0.330 e. The van der Waals surface area contributed by atoms with E-state index in [1.807, 2.05) is 24.7 Å². The van der Waals surface area contributed by atoms with Crippen molar-refractivity contribution in [2.75, 3.05) is 6.54 Å². The summed E-state index contributed by atoms with van der Waals surface area (Å²) in [5, 5.41) is 4.29. The van der Waals surface area contributed by atoms with Gasteiger partial charge < -0.3 is 5.73 Å². The summed E-state index contributed by atoms with van der Waals surface area (Å²) in [5.74, 6) is 0.896. The maximum Gasteiger partial charge on any atom is 0.142 e. The van der Waals surface area contributed by atoms with Gasteiger partial charge >= 0.3 is 0 Å². The molecule has 0 amide bonds. The summed E-state index contributed by atoms with van der Waals surface area (Å²) in [5.41, 5.74) is 7.77. The average Bonchev–Trinajstić information content (AvgIpc) is 2.67. The summed E-state index contributed by atoms with van der Waals surface area (Å²) in [6.45, 7) is 2.60. The van der Waals surface area contributed by atoms with Crippen LogP contribution in [0.3, 0.4) is 0 Å². The fraction of sp³-hybridized carbons (Fsp3) is 0.714. The lowest BCUT2D eigenvalue weighted by Crippen LogP contribution is -2.33. The number of ketones is 1. The number of nitrogens with zero attached hydrogens (tertiary/aromatic N) is 2. The number of hydrogen-bond donors (Lipinski definition) is 1. The molecule has 2 atom stereocenters. The highest BCUT2D eigenvalue weighted by Gasteiger charge is 2.30. The predicted octanol–water partition coefficient (Wildman–Crippen LogP) is 1.61. The normalized spacial score (nSPS) is 24.2. The Labute approximate surface area is 109 Å². The van der Waals surface area contributed by atoms with Crippen LogP contribution in [0.1, 0.15) is 37.1 Å². The third-order valence-electron chi connectivity index (χ3n) is 4.08. The van der Waals surface area contributed by atoms with Gasteiger partial charge in [0.05, 0.1) is 5.69 Å². The molecule has 1 saturated carbocycles. The first-order chi connectivity index (χ1) is 8.61. The highest BCUT2D eigenvalue weighted by Crippen LogP contribution is 2.30. The molecule has 1 fully saturated rings. The molecule has 1 aliphatic carbocycles. The number of Topliss-reactive ketones (excluding diaryl/α,β-unsaturated/α-hetero) is 1. The summed E-state index contributed by atoms with van der Waals surface area (Å²) in [6, 6.07) is 2.00. The number of rotatable bonds is 4. The highest BCUT2D eigenvalue weighted by molar-refractivity contribution is 5.83. The van der Waals surface area contributed by atoms with Gasteiger partial charge in [0.2, 0.25) is 0 Å². The Morgan fingerprint density at radius 3 is 2.83 bits per heavy atom. The molecule has 0 saturated heterocycles. The van der Waals surface area contributed by atoms with Crippen molar-refractivity contribution in [3.63, 3.8) is 0 Å². The van der Waals surface area contributed by atoms with E-state index in [0.717, 1.165) is 30.7 Å². The van der Waals surface area contributed by atoms with Crippen molar-refractivity contribution < 1.29 is 4.79 Å². The van der Waals surface area contributed by atoms with Crippen LogP contribution < -0.4 is 5.73 Å². The molecular formula is C14H23N3O. The molecule has 0 aliphatic heterocycles. The SMILES string of the molecule is Cc1cc(CC(=O)C2CCCCC2CN)n(C)n1. The van der Waals surface area contributed by atoms with Crippen LogP contribution in [0.15, 0.2) is 6.07 Å². The molecule has 0 spiro atoms. The first-order valence-corrected chi connectivity index (χ1v) is 6.84. The summed E-state index contributed by atoms with van der Waals surface area (Å²) in [4.78, 5) is 12.4. The maximum absolute atomic E-state index is 12.4. The van der Waals surface area contributed by atoms with Gasteiger partial charge in [0.1, 0.15) is 5.78 Å². The molecule has 1 aliphatic rings. The van der Waals surface area contributed by atoms with E-state index in [0.29, 0.717) is 24.7 Å². The van der Waals surface area contributed by atoms with Gasteiger partial charge in [-0.3, -0.25) is 9.48 Å². The molecule has 2 unspecified atom stereocenters. The quantitative estimate of drug-likeness (QED) is 0.881. The number of carbonyl (C=O) groups excluding carboxylic acids is 1. The lowest BCUT2D eigenvalue weighted by molar-refractivity contribution is -0.124. The van der Waals surface area contributed by atoms with Crippen molar-refractivity contribution in [1.82, 2.24) is 9.78 Å². The highest BCUT2D eigenvalue weighted by atomic mass is 16.1. The van der Waals surface area contributed by atoms with Crippen molar-refractivity contribution in [2.45, 2.75) is 39.0 Å². The fourth-order valence-corrected chi connectivity index (χ4v) is 3.05. The maximum atomic E-state index is 12.4. The van der Waals surface area contributed by atoms with Gasteiger partial charge in [-0.15, -0.1) is 0 Å². The van der Waals surface area contributed by atoms with Gasteiger partial charge in [0.15, 0.2) is 0 Å². The summed E-state index contributed by atoms with van der Waals surface area (Å²) >= 11 is 0. The zero-order valence-electron chi connectivity index (χ0n) is 11.4. The minimum absolute atomic E-state index is 0.166. The first kappa shape index (κ1) is 13.3. The van der Waals surface area contributed by atoms with Crippen LogP contribution in [-0.2, 0) is 18.3 Å². The lowest BCUT2D eigenvalue weighted by atomic mass is 9.76. The number of nitrogens with two attached hydrogens (primary N) is 1. The van der Waals surface area contributed by atoms with Crippen LogP contribution in [0.25, 0.3) is 0 Å².